The van der Waals surface area contributed by atoms with E-state index in [0.29, 0.717) is 72.3 Å². The predicted octanol–water partition coefficient (Wildman–Crippen LogP) is 13.4. The first-order valence-electron chi connectivity index (χ1n) is 32.4. The van der Waals surface area contributed by atoms with Gasteiger partial charge in [-0.3, -0.25) is 28.8 Å². The Morgan fingerprint density at radius 3 is 1.43 bits per heavy atom. The van der Waals surface area contributed by atoms with Gasteiger partial charge in [0.25, 0.3) is 11.8 Å². The summed E-state index contributed by atoms with van der Waals surface area (Å²) in [6, 6.07) is 13.8. The van der Waals surface area contributed by atoms with Crippen LogP contribution in [0.1, 0.15) is 171 Å². The fourth-order valence-corrected chi connectivity index (χ4v) is 18.4. The smallest absolute Gasteiger partial charge is 0.307 e. The highest BCUT2D eigenvalue weighted by Crippen LogP contribution is 2.74. The summed E-state index contributed by atoms with van der Waals surface area (Å²) in [5.74, 6) is -6.10. The SMILES string of the molecule is CC1(C)CCC2(CC1)C[C@@H](C(=O)C[C@@H]1CC[C@@H](C(=O)N3CCC3)OC1)[C@H](c1ccnc(Cl)c1F)[C@]21C(=O)Nc2cc(Cl)ccc21.CC1(C)CCC2(CC1)C[C@@H](C(=O)O)[C@H](c1ccnc(Cl)c1F)[C@]21C(=O)Nc2cc(Cl)ccc21.Cl.N[C@@H]1CC[C@@H](C(=O)N2CCC2)OC1. The fourth-order valence-electron chi connectivity index (χ4n) is 17.8. The number of nitrogens with one attached hydrogen (secondary N) is 2. The number of aliphatic carboxylic acids is 1. The van der Waals surface area contributed by atoms with Crippen LogP contribution in [0.15, 0.2) is 60.9 Å². The van der Waals surface area contributed by atoms with Gasteiger partial charge in [-0.1, -0.05) is 86.2 Å². The van der Waals surface area contributed by atoms with E-state index in [0.717, 1.165) is 96.0 Å². The van der Waals surface area contributed by atoms with E-state index in [9.17, 15) is 33.9 Å². The summed E-state index contributed by atoms with van der Waals surface area (Å²) < 4.78 is 43.0. The Balaban J connectivity index is 0.000000161. The molecule has 4 spiro atoms. The van der Waals surface area contributed by atoms with Crippen LogP contribution in [-0.4, -0.2) is 118 Å². The van der Waals surface area contributed by atoms with Gasteiger partial charge in [-0.2, -0.15) is 0 Å². The highest BCUT2D eigenvalue weighted by atomic mass is 35.5. The number of hydrogen-bond donors (Lipinski definition) is 4. The number of nitrogens with zero attached hydrogens (tertiary/aromatic N) is 4. The van der Waals surface area contributed by atoms with E-state index in [1.165, 1.54) is 18.5 Å². The van der Waals surface area contributed by atoms with Crippen molar-refractivity contribution >= 4 is 106 Å². The summed E-state index contributed by atoms with van der Waals surface area (Å²) in [4.78, 5) is 91.7. The third-order valence-electron chi connectivity index (χ3n) is 23.0. The van der Waals surface area contributed by atoms with Gasteiger partial charge in [0.1, 0.15) is 18.0 Å². The number of fused-ring (bicyclic) bond motifs is 6. The van der Waals surface area contributed by atoms with Crippen molar-refractivity contribution in [3.8, 4) is 0 Å². The first-order valence-corrected chi connectivity index (χ1v) is 33.9. The maximum atomic E-state index is 16.1. The van der Waals surface area contributed by atoms with Crippen LogP contribution >= 0.6 is 58.8 Å². The maximum Gasteiger partial charge on any atom is 0.307 e. The number of carbonyl (C=O) groups is 6. The molecule has 0 bridgehead atoms. The molecule has 4 amide bonds. The molecule has 14 rings (SSSR count). The molecule has 8 fully saturated rings. The van der Waals surface area contributed by atoms with Gasteiger partial charge < -0.3 is 40.7 Å². The quantitative estimate of drug-likeness (QED) is 0.121. The molecular formula is C69H82Cl5F2N7O9. The molecule has 0 unspecified atom stereocenters. The van der Waals surface area contributed by atoms with Crippen molar-refractivity contribution in [1.29, 1.82) is 0 Å². The van der Waals surface area contributed by atoms with Crippen molar-refractivity contribution in [3.63, 3.8) is 0 Å². The lowest BCUT2D eigenvalue weighted by Crippen LogP contribution is -2.52. The molecule has 23 heteroatoms. The Morgan fingerprint density at radius 1 is 0.620 bits per heavy atom. The van der Waals surface area contributed by atoms with Crippen LogP contribution in [0.3, 0.4) is 0 Å². The van der Waals surface area contributed by atoms with Gasteiger partial charge in [-0.25, -0.2) is 18.7 Å². The number of benzene rings is 2. The summed E-state index contributed by atoms with van der Waals surface area (Å²) in [5, 5.41) is 16.8. The number of carbonyl (C=O) groups excluding carboxylic acids is 5. The molecule has 4 saturated carbocycles. The minimum absolute atomic E-state index is 0. The zero-order chi connectivity index (χ0) is 64.7. The number of amides is 4. The fraction of sp³-hybridized carbons (Fsp3) is 0.594. The monoisotopic (exact) mass is 1370 g/mol. The van der Waals surface area contributed by atoms with Crippen LogP contribution in [0, 0.1) is 51.0 Å². The highest BCUT2D eigenvalue weighted by molar-refractivity contribution is 6.32. The highest BCUT2D eigenvalue weighted by Gasteiger charge is 2.74. The van der Waals surface area contributed by atoms with Crippen molar-refractivity contribution < 1.29 is 52.1 Å². The van der Waals surface area contributed by atoms with Crippen LogP contribution in [-0.2, 0) is 49.1 Å². The van der Waals surface area contributed by atoms with Crippen molar-refractivity contribution in [2.24, 2.45) is 45.1 Å². The summed E-state index contributed by atoms with van der Waals surface area (Å²) in [6.07, 6.45) is 14.6. The van der Waals surface area contributed by atoms with E-state index in [2.05, 4.69) is 48.3 Å². The third kappa shape index (κ3) is 11.8. The van der Waals surface area contributed by atoms with Gasteiger partial charge >= 0.3 is 5.97 Å². The largest absolute Gasteiger partial charge is 0.481 e. The molecule has 0 radical (unpaired) electrons. The first-order chi connectivity index (χ1) is 43.2. The van der Waals surface area contributed by atoms with Crippen LogP contribution in [0.25, 0.3) is 0 Å². The number of carboxylic acid groups (broad SMARTS) is 1. The van der Waals surface area contributed by atoms with E-state index in [4.69, 9.17) is 61.6 Å². The molecule has 5 N–H and O–H groups in total. The Hall–Kier alpha value is -5.05. The van der Waals surface area contributed by atoms with Gasteiger partial charge in [-0.15, -0.1) is 12.4 Å². The number of anilines is 2. The Morgan fingerprint density at radius 2 is 1.04 bits per heavy atom. The number of hydrogen-bond acceptors (Lipinski definition) is 11. The topological polar surface area (TPSA) is 223 Å². The number of aromatic nitrogens is 2. The lowest BCUT2D eigenvalue weighted by Gasteiger charge is -2.51. The first kappa shape index (κ1) is 68.3. The molecule has 4 aromatic rings. The van der Waals surface area contributed by atoms with E-state index in [1.807, 2.05) is 15.9 Å². The van der Waals surface area contributed by atoms with Gasteiger partial charge in [0.15, 0.2) is 21.9 Å². The minimum atomic E-state index is -1.25. The minimum Gasteiger partial charge on any atom is -0.481 e. The van der Waals surface area contributed by atoms with Gasteiger partial charge in [0.05, 0.1) is 30.0 Å². The van der Waals surface area contributed by atoms with E-state index >= 15 is 8.78 Å². The molecule has 10 aliphatic rings. The number of likely N-dealkylation sites (tertiary alicyclic amines) is 2. The number of ether oxygens (including phenoxy) is 2. The number of carboxylic acids is 1. The zero-order valence-corrected chi connectivity index (χ0v) is 56.3. The lowest BCUT2D eigenvalue weighted by molar-refractivity contribution is -0.152. The van der Waals surface area contributed by atoms with Gasteiger partial charge in [0.2, 0.25) is 11.8 Å². The number of pyridine rings is 2. The van der Waals surface area contributed by atoms with Crippen molar-refractivity contribution in [2.75, 3.05) is 50.0 Å². The van der Waals surface area contributed by atoms with Crippen molar-refractivity contribution in [1.82, 2.24) is 19.8 Å². The molecular weight excluding hydrogens is 1290 g/mol. The molecule has 16 nitrogen and oxygen atoms in total. The molecule has 8 heterocycles. The normalized spacial score (nSPS) is 30.7. The van der Waals surface area contributed by atoms with Crippen LogP contribution in [0.4, 0.5) is 20.2 Å². The zero-order valence-electron chi connectivity index (χ0n) is 52.4. The molecule has 10 atom stereocenters. The second-order valence-electron chi connectivity index (χ2n) is 29.2. The van der Waals surface area contributed by atoms with E-state index in [-0.39, 0.29) is 105 Å². The Bertz CT molecular complexity index is 3540. The van der Waals surface area contributed by atoms with E-state index < -0.39 is 69.0 Å². The molecule has 2 aromatic heterocycles. The number of halogens is 7. The standard InChI is InChI=1S/C35H40Cl2FN3O4.C25H25Cl2FN2O3.C9H16N2O2.ClH/c1-33(2)9-11-34(12-10-33)18-23(26(42)16-20-4-7-27(45-19-20)31(43)41-14-3-15-41)28(22-8-13-39-30(37)29(22)38)35(34)24-6-5-21(36)17-25(24)40-32(35)44;1-23(2)6-8-24(9-7-23)12-15(21(31)32)18(14-5-10-29-20(27)19(14)28)25(24)16-4-3-13(26)11-17(16)30-22(25)33;10-7-2-3-8(13-6-7)9(12)11-4-1-5-11;/h5-6,8,13,17,20,23,27-28H,3-4,7,9-12,14-16,18-19H2,1-2H3,(H,40,44);3-5,10-11,15,18H,6-9,12H2,1-2H3,(H,30,33)(H,31,32);7-8H,1-6,10H2;1H/t20-,23-,27-,28-,35+;15-,18+,25-;7-,8+;/m011./s1. The Kier molecular flexibility index (Phi) is 19.4. The second kappa shape index (κ2) is 26.2. The molecule has 4 aliphatic carbocycles. The number of rotatable bonds is 8. The summed E-state index contributed by atoms with van der Waals surface area (Å²) in [7, 11) is 0. The average Bonchev–Trinajstić information content (AvgIpc) is 1.51. The molecule has 2 aromatic carbocycles. The van der Waals surface area contributed by atoms with Crippen molar-refractivity contribution in [2.45, 2.75) is 178 Å². The number of nitrogens with two attached hydrogens (primary N) is 1. The second-order valence-corrected chi connectivity index (χ2v) is 30.8. The van der Waals surface area contributed by atoms with Crippen molar-refractivity contribution in [3.05, 3.63) is 115 Å². The molecule has 4 saturated heterocycles. The summed E-state index contributed by atoms with van der Waals surface area (Å²) in [5.41, 5.74) is 5.24. The van der Waals surface area contributed by atoms with Gasteiger partial charge in [0, 0.05) is 90.2 Å². The molecule has 92 heavy (non-hydrogen) atoms. The number of Topliss-reactive ketones (excluding diaryl/α,β-unsaturated/α-hetero) is 1. The molecule has 496 valence electrons. The molecule has 6 aliphatic heterocycles. The maximum absolute atomic E-state index is 16.1. The number of ketones is 1. The lowest BCUT2D eigenvalue weighted by atomic mass is 9.51. The Labute approximate surface area is 562 Å². The predicted molar refractivity (Wildman–Crippen MR) is 349 cm³/mol. The van der Waals surface area contributed by atoms with Crippen LogP contribution in [0.2, 0.25) is 20.4 Å². The summed E-state index contributed by atoms with van der Waals surface area (Å²) in [6.45, 7) is 13.1. The average molecular weight is 1370 g/mol. The van der Waals surface area contributed by atoms with Crippen LogP contribution in [0.5, 0.6) is 0 Å². The van der Waals surface area contributed by atoms with Crippen LogP contribution < -0.4 is 16.4 Å². The van der Waals surface area contributed by atoms with Gasteiger partial charge in [-0.05, 0) is 189 Å². The third-order valence-corrected chi connectivity index (χ3v) is 24.0. The van der Waals surface area contributed by atoms with E-state index in [1.54, 1.807) is 36.4 Å². The summed E-state index contributed by atoms with van der Waals surface area (Å²) >= 11 is 24.9.